The largest absolute Gasteiger partial charge is 0.417 e. The summed E-state index contributed by atoms with van der Waals surface area (Å²) in [5.41, 5.74) is 0.743. The van der Waals surface area contributed by atoms with Gasteiger partial charge in [0.25, 0.3) is 13.8 Å². The first-order chi connectivity index (χ1) is 10.1. The monoisotopic (exact) mass is 351 g/mol. The molecule has 1 rings (SSSR count). The maximum atomic E-state index is 2.96. The van der Waals surface area contributed by atoms with Crippen LogP contribution in [0.2, 0.25) is 51.8 Å². The molecular formula is C16H39B2N3Si2. The summed E-state index contributed by atoms with van der Waals surface area (Å²) in [5.74, 6) is 0. The fourth-order valence-electron chi connectivity index (χ4n) is 4.40. The van der Waals surface area contributed by atoms with Gasteiger partial charge in [-0.1, -0.05) is 52.2 Å². The molecule has 1 heterocycles. The molecular weight excluding hydrogens is 312 g/mol. The van der Waals surface area contributed by atoms with Crippen LogP contribution < -0.4 is 0 Å². The quantitative estimate of drug-likeness (QED) is 0.689. The Bertz CT molecular complexity index is 422. The zero-order valence-electron chi connectivity index (χ0n) is 17.7. The highest BCUT2D eigenvalue weighted by Gasteiger charge is 2.50. The van der Waals surface area contributed by atoms with Crippen molar-refractivity contribution in [3.8, 4) is 0 Å². The van der Waals surface area contributed by atoms with E-state index in [1.165, 1.54) is 0 Å². The van der Waals surface area contributed by atoms with E-state index < -0.39 is 16.5 Å². The fourth-order valence-corrected chi connectivity index (χ4v) is 14.8. The lowest BCUT2D eigenvalue weighted by molar-refractivity contribution is 0.327. The SMILES string of the molecule is CB1C(B(N(C)C)N([Si](C)(C)C)[Si](C)(C)C)C=CN1C(C)(C)C. The molecule has 1 unspecified atom stereocenters. The second kappa shape index (κ2) is 6.73. The van der Waals surface area contributed by atoms with Crippen LogP contribution in [0, 0.1) is 0 Å². The van der Waals surface area contributed by atoms with Crippen molar-refractivity contribution in [2.24, 2.45) is 0 Å². The Morgan fingerprint density at radius 2 is 1.43 bits per heavy atom. The number of hydrogen-bond acceptors (Lipinski definition) is 3. The van der Waals surface area contributed by atoms with E-state index in [9.17, 15) is 0 Å². The standard InChI is InChI=1S/C16H39B2N3Si2/c1-16(2,3)20-14-13-15(17(20)4)18(19(5)6)21(22(7,8)9)23(10,11)12/h13-15H,1-12H3. The Hall–Kier alpha value is 0.0236. The fraction of sp³-hybridized carbons (Fsp3) is 0.875. The molecule has 0 saturated heterocycles. The molecule has 0 spiro atoms. The van der Waals surface area contributed by atoms with Crippen LogP contribution in [0.4, 0.5) is 0 Å². The summed E-state index contributed by atoms with van der Waals surface area (Å²) in [7, 11) is 1.70. The molecule has 0 aromatic rings. The van der Waals surface area contributed by atoms with Gasteiger partial charge in [-0.3, -0.25) is 0 Å². The zero-order valence-corrected chi connectivity index (χ0v) is 19.7. The Morgan fingerprint density at radius 3 is 1.70 bits per heavy atom. The summed E-state index contributed by atoms with van der Waals surface area (Å²) in [5, 5.41) is 0. The van der Waals surface area contributed by atoms with Crippen LogP contribution in [0.5, 0.6) is 0 Å². The molecule has 0 saturated carbocycles. The van der Waals surface area contributed by atoms with Gasteiger partial charge in [0, 0.05) is 5.54 Å². The van der Waals surface area contributed by atoms with Crippen molar-refractivity contribution >= 4 is 30.3 Å². The number of allylic oxidation sites excluding steroid dienone is 1. The first-order valence-electron chi connectivity index (χ1n) is 9.01. The Kier molecular flexibility index (Phi) is 6.17. The van der Waals surface area contributed by atoms with Crippen LogP contribution in [-0.4, -0.2) is 63.7 Å². The van der Waals surface area contributed by atoms with Gasteiger partial charge in [0.1, 0.15) is 16.5 Å². The molecule has 1 atom stereocenters. The summed E-state index contributed by atoms with van der Waals surface area (Å²) in [6.45, 7) is 25.4. The van der Waals surface area contributed by atoms with Crippen LogP contribution in [0.25, 0.3) is 0 Å². The van der Waals surface area contributed by atoms with Crippen molar-refractivity contribution in [2.75, 3.05) is 14.1 Å². The highest BCUT2D eigenvalue weighted by Crippen LogP contribution is 2.36. The Labute approximate surface area is 148 Å². The summed E-state index contributed by atoms with van der Waals surface area (Å²) < 4.78 is 2.96. The van der Waals surface area contributed by atoms with Gasteiger partial charge in [0.15, 0.2) is 0 Å². The first-order valence-corrected chi connectivity index (χ1v) is 15.9. The molecule has 0 aromatic heterocycles. The smallest absolute Gasteiger partial charge is 0.298 e. The molecule has 132 valence electrons. The second-order valence-electron chi connectivity index (χ2n) is 10.3. The van der Waals surface area contributed by atoms with Crippen LogP contribution >= 0.6 is 0 Å². The summed E-state index contributed by atoms with van der Waals surface area (Å²) >= 11 is 0. The second-order valence-corrected chi connectivity index (χ2v) is 20.4. The number of nitrogens with zero attached hydrogens (tertiary/aromatic N) is 3. The minimum atomic E-state index is -1.41. The first kappa shape index (κ1) is 21.1. The van der Waals surface area contributed by atoms with E-state index in [1.54, 1.807) is 0 Å². The van der Waals surface area contributed by atoms with E-state index in [0.29, 0.717) is 19.5 Å². The molecule has 0 radical (unpaired) electrons. The lowest BCUT2D eigenvalue weighted by Crippen LogP contribution is -2.71. The van der Waals surface area contributed by atoms with Crippen LogP contribution in [-0.2, 0) is 0 Å². The average molecular weight is 351 g/mol. The van der Waals surface area contributed by atoms with E-state index in [4.69, 9.17) is 0 Å². The van der Waals surface area contributed by atoms with Gasteiger partial charge in [-0.25, -0.2) is 0 Å². The topological polar surface area (TPSA) is 9.72 Å². The van der Waals surface area contributed by atoms with Gasteiger partial charge in [-0.15, -0.1) is 0 Å². The molecule has 1 aliphatic heterocycles. The van der Waals surface area contributed by atoms with Crippen molar-refractivity contribution in [2.45, 2.75) is 78.1 Å². The normalized spacial score (nSPS) is 20.2. The molecule has 0 N–H and O–H groups in total. The maximum Gasteiger partial charge on any atom is 0.298 e. The van der Waals surface area contributed by atoms with E-state index in [0.717, 1.165) is 0 Å². The lowest BCUT2D eigenvalue weighted by atomic mass is 9.37. The van der Waals surface area contributed by atoms with E-state index in [1.807, 2.05) is 0 Å². The van der Waals surface area contributed by atoms with Crippen LogP contribution in [0.1, 0.15) is 20.8 Å². The van der Waals surface area contributed by atoms with E-state index in [2.05, 4.69) is 107 Å². The van der Waals surface area contributed by atoms with Crippen LogP contribution in [0.15, 0.2) is 12.3 Å². The Morgan fingerprint density at radius 1 is 1.00 bits per heavy atom. The van der Waals surface area contributed by atoms with Crippen molar-refractivity contribution < 1.29 is 0 Å². The van der Waals surface area contributed by atoms with Gasteiger partial charge < -0.3 is 13.8 Å². The lowest BCUT2D eigenvalue weighted by Gasteiger charge is -2.52. The molecule has 1 aliphatic rings. The van der Waals surface area contributed by atoms with E-state index in [-0.39, 0.29) is 5.54 Å². The minimum Gasteiger partial charge on any atom is -0.417 e. The molecule has 3 nitrogen and oxygen atoms in total. The van der Waals surface area contributed by atoms with Gasteiger partial charge in [-0.2, -0.15) is 0 Å². The molecule has 23 heavy (non-hydrogen) atoms. The van der Waals surface area contributed by atoms with Crippen molar-refractivity contribution in [3.63, 3.8) is 0 Å². The van der Waals surface area contributed by atoms with Gasteiger partial charge >= 0.3 is 0 Å². The maximum absolute atomic E-state index is 2.96. The molecule has 7 heteroatoms. The predicted molar refractivity (Wildman–Crippen MR) is 114 cm³/mol. The summed E-state index contributed by atoms with van der Waals surface area (Å²) in [4.78, 5) is 5.01. The zero-order chi connectivity index (χ0) is 18.4. The Balaban J connectivity index is 3.25. The van der Waals surface area contributed by atoms with Gasteiger partial charge in [-0.05, 0) is 46.8 Å². The third-order valence-electron chi connectivity index (χ3n) is 4.82. The molecule has 0 amide bonds. The number of hydrogen-bond donors (Lipinski definition) is 0. The van der Waals surface area contributed by atoms with Gasteiger partial charge in [0.05, 0.1) is 0 Å². The minimum absolute atomic E-state index is 0.185. The highest BCUT2D eigenvalue weighted by molar-refractivity contribution is 7.01. The summed E-state index contributed by atoms with van der Waals surface area (Å²) in [6, 6.07) is 0. The molecule has 0 aromatic carbocycles. The van der Waals surface area contributed by atoms with Crippen molar-refractivity contribution in [1.82, 2.24) is 13.8 Å². The predicted octanol–water partition coefficient (Wildman–Crippen LogP) is 4.17. The van der Waals surface area contributed by atoms with Crippen LogP contribution in [0.3, 0.4) is 0 Å². The molecule has 0 bridgehead atoms. The third-order valence-corrected chi connectivity index (χ3v) is 12.3. The average Bonchev–Trinajstić information content (AvgIpc) is 2.63. The highest BCUT2D eigenvalue weighted by atomic mass is 28.4. The van der Waals surface area contributed by atoms with Crippen molar-refractivity contribution in [3.05, 3.63) is 12.3 Å². The third kappa shape index (κ3) is 4.77. The molecule has 0 aliphatic carbocycles. The molecule has 0 fully saturated rings. The van der Waals surface area contributed by atoms with E-state index >= 15 is 0 Å². The van der Waals surface area contributed by atoms with Gasteiger partial charge in [0.2, 0.25) is 0 Å². The van der Waals surface area contributed by atoms with Crippen molar-refractivity contribution in [1.29, 1.82) is 0 Å². The summed E-state index contributed by atoms with van der Waals surface area (Å²) in [6.07, 6.45) is 4.81. The number of rotatable bonds is 5.